The Morgan fingerprint density at radius 1 is 1.06 bits per heavy atom. The Morgan fingerprint density at radius 3 is 2.44 bits per heavy atom. The Labute approximate surface area is 108 Å². The maximum Gasteiger partial charge on any atom is 0.215 e. The van der Waals surface area contributed by atoms with Crippen LogP contribution < -0.4 is 10.2 Å². The van der Waals surface area contributed by atoms with Gasteiger partial charge in [0, 0.05) is 5.69 Å². The maximum absolute atomic E-state index is 5.60. The zero-order valence-corrected chi connectivity index (χ0v) is 10.7. The Kier molecular flexibility index (Phi) is 4.12. The van der Waals surface area contributed by atoms with Gasteiger partial charge in [0.15, 0.2) is 0 Å². The minimum Gasteiger partial charge on any atom is -0.478 e. The largest absolute Gasteiger partial charge is 0.478 e. The van der Waals surface area contributed by atoms with Crippen molar-refractivity contribution in [3.63, 3.8) is 0 Å². The average molecular weight is 246 g/mol. The number of hydrogen-bond donors (Lipinski definition) is 1. The lowest BCUT2D eigenvalue weighted by atomic mass is 10.3. The molecule has 0 fully saturated rings. The van der Waals surface area contributed by atoms with Crippen molar-refractivity contribution in [2.45, 2.75) is 13.8 Å². The quantitative estimate of drug-likeness (QED) is 0.866. The molecule has 1 aliphatic rings. The molecule has 0 saturated heterocycles. The van der Waals surface area contributed by atoms with Crippen LogP contribution in [0, 0.1) is 0 Å². The molecular formula is C14H18N2O2. The van der Waals surface area contributed by atoms with Crippen LogP contribution in [-0.4, -0.2) is 13.2 Å². The van der Waals surface area contributed by atoms with Crippen molar-refractivity contribution in [3.05, 3.63) is 54.5 Å². The molecule has 0 aliphatic carbocycles. The monoisotopic (exact) mass is 246 g/mol. The van der Waals surface area contributed by atoms with Crippen LogP contribution in [0.15, 0.2) is 54.5 Å². The summed E-state index contributed by atoms with van der Waals surface area (Å²) in [5.41, 5.74) is 1.04. The molecule has 1 aromatic rings. The van der Waals surface area contributed by atoms with Crippen LogP contribution in [-0.2, 0) is 9.47 Å². The Bertz CT molecular complexity index is 440. The van der Waals surface area contributed by atoms with Crippen LogP contribution in [0.25, 0.3) is 0 Å². The second kappa shape index (κ2) is 6.00. The van der Waals surface area contributed by atoms with E-state index in [2.05, 4.69) is 5.32 Å². The third kappa shape index (κ3) is 2.77. The van der Waals surface area contributed by atoms with Crippen LogP contribution in [0.2, 0.25) is 0 Å². The van der Waals surface area contributed by atoms with Gasteiger partial charge in [-0.1, -0.05) is 18.2 Å². The van der Waals surface area contributed by atoms with E-state index in [0.717, 1.165) is 11.6 Å². The highest BCUT2D eigenvalue weighted by atomic mass is 16.5. The van der Waals surface area contributed by atoms with Crippen LogP contribution in [0.5, 0.6) is 0 Å². The van der Waals surface area contributed by atoms with Gasteiger partial charge in [-0.2, -0.15) is 0 Å². The first kappa shape index (κ1) is 12.4. The molecule has 1 aliphatic heterocycles. The molecule has 96 valence electrons. The van der Waals surface area contributed by atoms with Crippen molar-refractivity contribution in [2.24, 2.45) is 0 Å². The van der Waals surface area contributed by atoms with Crippen LogP contribution in [0.4, 0.5) is 5.69 Å². The molecular weight excluding hydrogens is 228 g/mol. The molecule has 0 radical (unpaired) electrons. The molecule has 4 heteroatoms. The topological polar surface area (TPSA) is 33.7 Å². The first-order valence-corrected chi connectivity index (χ1v) is 6.13. The van der Waals surface area contributed by atoms with Gasteiger partial charge in [-0.3, -0.25) is 4.90 Å². The summed E-state index contributed by atoms with van der Waals surface area (Å²) in [5, 5.41) is 3.06. The lowest BCUT2D eigenvalue weighted by Gasteiger charge is -2.27. The fourth-order valence-electron chi connectivity index (χ4n) is 1.70. The third-order valence-electron chi connectivity index (χ3n) is 2.45. The summed E-state index contributed by atoms with van der Waals surface area (Å²) in [5.74, 6) is 1.47. The smallest absolute Gasteiger partial charge is 0.215 e. The minimum absolute atomic E-state index is 0.620. The van der Waals surface area contributed by atoms with E-state index >= 15 is 0 Å². The molecule has 4 nitrogen and oxygen atoms in total. The molecule has 0 unspecified atom stereocenters. The van der Waals surface area contributed by atoms with Gasteiger partial charge in [0.05, 0.1) is 25.6 Å². The normalized spacial score (nSPS) is 14.4. The van der Waals surface area contributed by atoms with Gasteiger partial charge >= 0.3 is 0 Å². The summed E-state index contributed by atoms with van der Waals surface area (Å²) < 4.78 is 11.1. The number of benzene rings is 1. The Hall–Kier alpha value is -2.10. The predicted octanol–water partition coefficient (Wildman–Crippen LogP) is 2.77. The average Bonchev–Trinajstić information content (AvgIpc) is 2.42. The number of hydrogen-bond acceptors (Lipinski definition) is 4. The number of rotatable bonds is 5. The van der Waals surface area contributed by atoms with Gasteiger partial charge in [-0.25, -0.2) is 0 Å². The van der Waals surface area contributed by atoms with E-state index in [1.54, 1.807) is 0 Å². The van der Waals surface area contributed by atoms with E-state index in [9.17, 15) is 0 Å². The van der Waals surface area contributed by atoms with Gasteiger partial charge in [0.2, 0.25) is 11.8 Å². The molecule has 1 heterocycles. The standard InChI is InChI=1S/C14H18N2O2/c1-3-17-13-11-16(12-8-6-5-7-9-12)14(10-15-13)18-4-2/h5-11,15H,3-4H2,1-2H3. The fraction of sp³-hybridized carbons (Fsp3) is 0.286. The fourth-order valence-corrected chi connectivity index (χ4v) is 1.70. The van der Waals surface area contributed by atoms with E-state index < -0.39 is 0 Å². The second-order valence-corrected chi connectivity index (χ2v) is 3.69. The molecule has 0 aromatic heterocycles. The van der Waals surface area contributed by atoms with E-state index in [-0.39, 0.29) is 0 Å². The predicted molar refractivity (Wildman–Crippen MR) is 71.5 cm³/mol. The van der Waals surface area contributed by atoms with E-state index in [1.807, 2.05) is 61.5 Å². The van der Waals surface area contributed by atoms with Crippen LogP contribution >= 0.6 is 0 Å². The van der Waals surface area contributed by atoms with Gasteiger partial charge in [0.25, 0.3) is 0 Å². The molecule has 1 N–H and O–H groups in total. The summed E-state index contributed by atoms with van der Waals surface area (Å²) in [7, 11) is 0. The van der Waals surface area contributed by atoms with Crippen molar-refractivity contribution in [1.82, 2.24) is 5.32 Å². The number of nitrogens with zero attached hydrogens (tertiary/aromatic N) is 1. The van der Waals surface area contributed by atoms with Crippen molar-refractivity contribution < 1.29 is 9.47 Å². The third-order valence-corrected chi connectivity index (χ3v) is 2.45. The van der Waals surface area contributed by atoms with Crippen molar-refractivity contribution >= 4 is 5.69 Å². The SMILES string of the molecule is CCOC1=CN(c2ccccc2)C(OCC)=CN1. The molecule has 18 heavy (non-hydrogen) atoms. The van der Waals surface area contributed by atoms with Crippen LogP contribution in [0.3, 0.4) is 0 Å². The lowest BCUT2D eigenvalue weighted by Crippen LogP contribution is -2.28. The number of ether oxygens (including phenoxy) is 2. The summed E-state index contributed by atoms with van der Waals surface area (Å²) in [6.45, 7) is 5.16. The highest BCUT2D eigenvalue weighted by Crippen LogP contribution is 2.23. The van der Waals surface area contributed by atoms with Crippen molar-refractivity contribution in [1.29, 1.82) is 0 Å². The second-order valence-electron chi connectivity index (χ2n) is 3.69. The van der Waals surface area contributed by atoms with Gasteiger partial charge < -0.3 is 14.8 Å². The lowest BCUT2D eigenvalue weighted by molar-refractivity contribution is 0.193. The number of nitrogens with one attached hydrogen (secondary N) is 1. The van der Waals surface area contributed by atoms with Gasteiger partial charge in [-0.05, 0) is 26.0 Å². The number of anilines is 1. The highest BCUT2D eigenvalue weighted by molar-refractivity contribution is 5.55. The highest BCUT2D eigenvalue weighted by Gasteiger charge is 2.16. The first-order valence-electron chi connectivity index (χ1n) is 6.13. The molecule has 2 rings (SSSR count). The van der Waals surface area contributed by atoms with Gasteiger partial charge in [0.1, 0.15) is 0 Å². The molecule has 0 amide bonds. The Balaban J connectivity index is 2.25. The summed E-state index contributed by atoms with van der Waals surface area (Å²) in [4.78, 5) is 1.96. The number of para-hydroxylation sites is 1. The molecule has 0 bridgehead atoms. The summed E-state index contributed by atoms with van der Waals surface area (Å²) in [6.07, 6.45) is 3.70. The van der Waals surface area contributed by atoms with Crippen molar-refractivity contribution in [3.8, 4) is 0 Å². The molecule has 1 aromatic carbocycles. The minimum atomic E-state index is 0.620. The summed E-state index contributed by atoms with van der Waals surface area (Å²) >= 11 is 0. The van der Waals surface area contributed by atoms with E-state index in [1.165, 1.54) is 0 Å². The first-order chi connectivity index (χ1) is 8.85. The summed E-state index contributed by atoms with van der Waals surface area (Å²) in [6, 6.07) is 10.0. The zero-order valence-electron chi connectivity index (χ0n) is 10.7. The molecule has 0 spiro atoms. The molecule has 0 saturated carbocycles. The van der Waals surface area contributed by atoms with Crippen LogP contribution in [0.1, 0.15) is 13.8 Å². The van der Waals surface area contributed by atoms with Crippen molar-refractivity contribution in [2.75, 3.05) is 18.1 Å². The van der Waals surface area contributed by atoms with E-state index in [4.69, 9.17) is 9.47 Å². The maximum atomic E-state index is 5.60. The zero-order chi connectivity index (χ0) is 12.8. The Morgan fingerprint density at radius 2 is 1.78 bits per heavy atom. The van der Waals surface area contributed by atoms with E-state index in [0.29, 0.717) is 19.1 Å². The van der Waals surface area contributed by atoms with Gasteiger partial charge in [-0.15, -0.1) is 0 Å². The molecule has 0 atom stereocenters.